The van der Waals surface area contributed by atoms with Crippen LogP contribution < -0.4 is 0 Å². The normalized spacial score (nSPS) is 11.8. The van der Waals surface area contributed by atoms with Crippen molar-refractivity contribution in [2.45, 2.75) is 0 Å². The molecule has 0 amide bonds. The number of rotatable bonds is 4. The van der Waals surface area contributed by atoms with Gasteiger partial charge in [-0.25, -0.2) is 0 Å². The first-order chi connectivity index (χ1) is 23.8. The number of hydrogen-bond acceptors (Lipinski definition) is 0. The van der Waals surface area contributed by atoms with Crippen LogP contribution in [0.1, 0.15) is 0 Å². The molecule has 0 fully saturated rings. The Morgan fingerprint density at radius 3 is 1.35 bits per heavy atom. The summed E-state index contributed by atoms with van der Waals surface area (Å²) >= 11 is 0. The first-order valence-electron chi connectivity index (χ1n) is 16.7. The predicted octanol–water partition coefficient (Wildman–Crippen LogP) is 13.6. The van der Waals surface area contributed by atoms with E-state index in [0.29, 0.717) is 0 Å². The van der Waals surface area contributed by atoms with Crippen molar-refractivity contribution >= 4 is 53.9 Å². The average Bonchev–Trinajstić information content (AvgIpc) is 3.16. The van der Waals surface area contributed by atoms with Gasteiger partial charge >= 0.3 is 0 Å². The molecule has 0 aliphatic rings. The van der Waals surface area contributed by atoms with E-state index in [1.165, 1.54) is 98.4 Å². The van der Waals surface area contributed by atoms with Crippen LogP contribution in [0.4, 0.5) is 0 Å². The van der Waals surface area contributed by atoms with Gasteiger partial charge in [0.05, 0.1) is 0 Å². The number of fused-ring (bicyclic) bond motifs is 2. The molecular formula is C48H30. The molecule has 0 heterocycles. The molecule has 0 unspecified atom stereocenters. The lowest BCUT2D eigenvalue weighted by molar-refractivity contribution is 1.61. The molecule has 0 spiro atoms. The highest BCUT2D eigenvalue weighted by Crippen LogP contribution is 2.45. The average molecular weight is 607 g/mol. The lowest BCUT2D eigenvalue weighted by Crippen LogP contribution is -1.92. The van der Waals surface area contributed by atoms with E-state index in [0.717, 1.165) is 0 Å². The zero-order chi connectivity index (χ0) is 31.6. The molecule has 0 saturated carbocycles. The van der Waals surface area contributed by atoms with Gasteiger partial charge in [0.1, 0.15) is 0 Å². The molecule has 0 saturated heterocycles. The van der Waals surface area contributed by atoms with E-state index in [1.807, 2.05) is 0 Å². The van der Waals surface area contributed by atoms with Gasteiger partial charge in [0.25, 0.3) is 0 Å². The Labute approximate surface area is 279 Å². The fourth-order valence-corrected chi connectivity index (χ4v) is 8.04. The van der Waals surface area contributed by atoms with Crippen molar-refractivity contribution in [1.82, 2.24) is 0 Å². The molecule has 222 valence electrons. The summed E-state index contributed by atoms with van der Waals surface area (Å²) in [6.07, 6.45) is 0. The Morgan fingerprint density at radius 2 is 0.688 bits per heavy atom. The van der Waals surface area contributed by atoms with E-state index >= 15 is 0 Å². The maximum atomic E-state index is 2.40. The predicted molar refractivity (Wildman–Crippen MR) is 207 cm³/mol. The van der Waals surface area contributed by atoms with Crippen LogP contribution in [0.3, 0.4) is 0 Å². The molecule has 0 N–H and O–H groups in total. The summed E-state index contributed by atoms with van der Waals surface area (Å²) < 4.78 is 0. The summed E-state index contributed by atoms with van der Waals surface area (Å²) in [6, 6.07) is 67.0. The Morgan fingerprint density at radius 1 is 0.229 bits per heavy atom. The Kier molecular flexibility index (Phi) is 5.98. The third kappa shape index (κ3) is 4.10. The number of benzene rings is 10. The smallest absolute Gasteiger partial charge is 0.00206 e. The van der Waals surface area contributed by atoms with Gasteiger partial charge in [-0.1, -0.05) is 176 Å². The fraction of sp³-hybridized carbons (Fsp3) is 0. The van der Waals surface area contributed by atoms with Crippen molar-refractivity contribution in [1.29, 1.82) is 0 Å². The van der Waals surface area contributed by atoms with Crippen LogP contribution in [0.2, 0.25) is 0 Å². The van der Waals surface area contributed by atoms with Crippen molar-refractivity contribution in [2.75, 3.05) is 0 Å². The van der Waals surface area contributed by atoms with Crippen molar-refractivity contribution < 1.29 is 0 Å². The topological polar surface area (TPSA) is 0 Å². The van der Waals surface area contributed by atoms with Crippen molar-refractivity contribution in [2.24, 2.45) is 0 Å². The molecule has 10 aromatic carbocycles. The fourth-order valence-electron chi connectivity index (χ4n) is 8.04. The standard InChI is InChI=1S/C48H30/c1-2-10-31(11-3-1)32-20-22-35(23-21-32)46-40-16-4-6-18-42(40)47(43-19-7-5-17-41(43)46)38-15-9-14-37(30-38)39-28-26-36-25-24-33-12-8-13-34-27-29-44(39)48(36)45(33)34/h1-30H. The third-order valence-corrected chi connectivity index (χ3v) is 10.2. The van der Waals surface area contributed by atoms with Gasteiger partial charge in [-0.15, -0.1) is 0 Å². The highest BCUT2D eigenvalue weighted by Gasteiger charge is 2.18. The summed E-state index contributed by atoms with van der Waals surface area (Å²) in [5.41, 5.74) is 10.0. The zero-order valence-corrected chi connectivity index (χ0v) is 26.3. The summed E-state index contributed by atoms with van der Waals surface area (Å²) in [6.45, 7) is 0. The van der Waals surface area contributed by atoms with Gasteiger partial charge in [-0.2, -0.15) is 0 Å². The van der Waals surface area contributed by atoms with Crippen LogP contribution in [0.5, 0.6) is 0 Å². The van der Waals surface area contributed by atoms with E-state index in [2.05, 4.69) is 182 Å². The van der Waals surface area contributed by atoms with Crippen molar-refractivity contribution in [3.63, 3.8) is 0 Å². The Balaban J connectivity index is 1.18. The minimum Gasteiger partial charge on any atom is -0.0622 e. The zero-order valence-electron chi connectivity index (χ0n) is 26.3. The molecule has 0 nitrogen and oxygen atoms in total. The first kappa shape index (κ1) is 26.9. The second kappa shape index (κ2) is 10.7. The maximum absolute atomic E-state index is 2.40. The largest absolute Gasteiger partial charge is 0.0622 e. The molecule has 0 heteroatoms. The molecule has 0 aromatic heterocycles. The quantitative estimate of drug-likeness (QED) is 0.138. The molecular weight excluding hydrogens is 577 g/mol. The highest BCUT2D eigenvalue weighted by molar-refractivity contribution is 6.26. The van der Waals surface area contributed by atoms with Gasteiger partial charge in [0, 0.05) is 0 Å². The molecule has 10 aromatic rings. The second-order valence-electron chi connectivity index (χ2n) is 12.8. The van der Waals surface area contributed by atoms with Crippen molar-refractivity contribution in [3.8, 4) is 44.5 Å². The summed E-state index contributed by atoms with van der Waals surface area (Å²) in [5, 5.41) is 13.0. The molecule has 10 rings (SSSR count). The van der Waals surface area contributed by atoms with E-state index in [-0.39, 0.29) is 0 Å². The van der Waals surface area contributed by atoms with E-state index in [1.54, 1.807) is 0 Å². The van der Waals surface area contributed by atoms with E-state index < -0.39 is 0 Å². The summed E-state index contributed by atoms with van der Waals surface area (Å²) in [5.74, 6) is 0. The monoisotopic (exact) mass is 606 g/mol. The summed E-state index contributed by atoms with van der Waals surface area (Å²) in [7, 11) is 0. The van der Waals surface area contributed by atoms with Gasteiger partial charge in [0.15, 0.2) is 0 Å². The molecule has 48 heavy (non-hydrogen) atoms. The van der Waals surface area contributed by atoms with Crippen molar-refractivity contribution in [3.05, 3.63) is 182 Å². The van der Waals surface area contributed by atoms with Crippen LogP contribution in [0, 0.1) is 0 Å². The lowest BCUT2D eigenvalue weighted by atomic mass is 9.84. The third-order valence-electron chi connectivity index (χ3n) is 10.2. The van der Waals surface area contributed by atoms with E-state index in [4.69, 9.17) is 0 Å². The molecule has 0 atom stereocenters. The molecule has 0 bridgehead atoms. The first-order valence-corrected chi connectivity index (χ1v) is 16.7. The molecule has 0 aliphatic carbocycles. The second-order valence-corrected chi connectivity index (χ2v) is 12.8. The van der Waals surface area contributed by atoms with Gasteiger partial charge < -0.3 is 0 Å². The molecule has 0 radical (unpaired) electrons. The van der Waals surface area contributed by atoms with Crippen LogP contribution in [-0.4, -0.2) is 0 Å². The van der Waals surface area contributed by atoms with Gasteiger partial charge in [0.2, 0.25) is 0 Å². The van der Waals surface area contributed by atoms with Crippen LogP contribution >= 0.6 is 0 Å². The Hall–Kier alpha value is -6.24. The van der Waals surface area contributed by atoms with Crippen LogP contribution in [0.15, 0.2) is 182 Å². The maximum Gasteiger partial charge on any atom is -0.00206 e. The SMILES string of the molecule is c1ccc(-c2ccc(-c3c4ccccc4c(-c4cccc(-c5ccc6ccc7cccc8ccc5c6c78)c4)c4ccccc34)cc2)cc1. The van der Waals surface area contributed by atoms with Crippen LogP contribution in [-0.2, 0) is 0 Å². The number of hydrogen-bond donors (Lipinski definition) is 0. The van der Waals surface area contributed by atoms with Crippen LogP contribution in [0.25, 0.3) is 98.4 Å². The molecule has 0 aliphatic heterocycles. The lowest BCUT2D eigenvalue weighted by Gasteiger charge is -2.19. The van der Waals surface area contributed by atoms with Gasteiger partial charge in [-0.3, -0.25) is 0 Å². The highest BCUT2D eigenvalue weighted by atomic mass is 14.2. The van der Waals surface area contributed by atoms with Gasteiger partial charge in [-0.05, 0) is 104 Å². The summed E-state index contributed by atoms with van der Waals surface area (Å²) in [4.78, 5) is 0. The Bertz CT molecular complexity index is 2730. The minimum atomic E-state index is 1.23. The minimum absolute atomic E-state index is 1.23. The van der Waals surface area contributed by atoms with E-state index in [9.17, 15) is 0 Å².